The molecule has 0 saturated carbocycles. The van der Waals surface area contributed by atoms with Gasteiger partial charge in [-0.05, 0) is 30.2 Å². The molecule has 62 valence electrons. The lowest BCUT2D eigenvalue weighted by Crippen LogP contribution is -1.86. The topological polar surface area (TPSA) is 23.8 Å². The van der Waals surface area contributed by atoms with Gasteiger partial charge in [-0.25, -0.2) is 0 Å². The van der Waals surface area contributed by atoms with Gasteiger partial charge < -0.3 is 0 Å². The summed E-state index contributed by atoms with van der Waals surface area (Å²) >= 11 is 5.92. The molecule has 1 rings (SSSR count). The van der Waals surface area contributed by atoms with Crippen molar-refractivity contribution in [2.45, 2.75) is 19.8 Å². The van der Waals surface area contributed by atoms with Crippen LogP contribution in [0.25, 0.3) is 0 Å². The van der Waals surface area contributed by atoms with Crippen LogP contribution in [0.2, 0.25) is 5.02 Å². The zero-order chi connectivity index (χ0) is 8.97. The lowest BCUT2D eigenvalue weighted by atomic mass is 10.1. The van der Waals surface area contributed by atoms with E-state index in [0.717, 1.165) is 23.4 Å². The maximum absolute atomic E-state index is 8.63. The first-order chi connectivity index (χ1) is 5.77. The summed E-state index contributed by atoms with van der Waals surface area (Å²) in [5.74, 6) is 0. The van der Waals surface area contributed by atoms with Crippen molar-refractivity contribution in [1.82, 2.24) is 0 Å². The van der Waals surface area contributed by atoms with E-state index < -0.39 is 0 Å². The van der Waals surface area contributed by atoms with Crippen LogP contribution in [0.4, 0.5) is 0 Å². The van der Waals surface area contributed by atoms with E-state index >= 15 is 0 Å². The molecule has 1 aromatic rings. The molecule has 1 aromatic carbocycles. The van der Waals surface area contributed by atoms with E-state index in [1.165, 1.54) is 0 Å². The number of nitriles is 1. The largest absolute Gasteiger partial charge is 0.192 e. The Kier molecular flexibility index (Phi) is 3.13. The third kappa shape index (κ3) is 1.99. The van der Waals surface area contributed by atoms with Crippen LogP contribution >= 0.6 is 11.6 Å². The molecule has 0 aliphatic carbocycles. The maximum atomic E-state index is 8.63. The first-order valence-electron chi connectivity index (χ1n) is 3.96. The summed E-state index contributed by atoms with van der Waals surface area (Å²) in [6, 6.07) is 7.47. The van der Waals surface area contributed by atoms with Crippen LogP contribution in [-0.4, -0.2) is 0 Å². The van der Waals surface area contributed by atoms with Gasteiger partial charge in [-0.1, -0.05) is 24.9 Å². The number of benzene rings is 1. The van der Waals surface area contributed by atoms with Gasteiger partial charge in [0.2, 0.25) is 0 Å². The molecule has 0 unspecified atom stereocenters. The summed E-state index contributed by atoms with van der Waals surface area (Å²) in [6.07, 6.45) is 1.99. The Morgan fingerprint density at radius 3 is 2.83 bits per heavy atom. The summed E-state index contributed by atoms with van der Waals surface area (Å²) in [5.41, 5.74) is 1.75. The maximum Gasteiger partial charge on any atom is 0.0991 e. The van der Waals surface area contributed by atoms with Gasteiger partial charge in [0.25, 0.3) is 0 Å². The molecule has 0 heterocycles. The number of rotatable bonds is 2. The summed E-state index contributed by atoms with van der Waals surface area (Å²) in [6.45, 7) is 2.09. The summed E-state index contributed by atoms with van der Waals surface area (Å²) < 4.78 is 0. The van der Waals surface area contributed by atoms with Crippen LogP contribution in [-0.2, 0) is 6.42 Å². The fraction of sp³-hybridized carbons (Fsp3) is 0.300. The molecular weight excluding hydrogens is 170 g/mol. The van der Waals surface area contributed by atoms with Crippen LogP contribution < -0.4 is 0 Å². The second kappa shape index (κ2) is 4.13. The number of hydrogen-bond acceptors (Lipinski definition) is 1. The van der Waals surface area contributed by atoms with Crippen LogP contribution in [0.3, 0.4) is 0 Å². The van der Waals surface area contributed by atoms with Gasteiger partial charge >= 0.3 is 0 Å². The quantitative estimate of drug-likeness (QED) is 0.684. The van der Waals surface area contributed by atoms with Crippen molar-refractivity contribution in [2.75, 3.05) is 0 Å². The standard InChI is InChI=1S/C10H10ClN/c1-2-3-9-6-8(7-12)4-5-10(9)11/h4-6H,2-3H2,1H3. The van der Waals surface area contributed by atoms with Crippen molar-refractivity contribution >= 4 is 11.6 Å². The van der Waals surface area contributed by atoms with Crippen molar-refractivity contribution in [3.8, 4) is 6.07 Å². The molecule has 0 aromatic heterocycles. The molecule has 0 atom stereocenters. The molecule has 0 saturated heterocycles. The van der Waals surface area contributed by atoms with Crippen molar-refractivity contribution in [2.24, 2.45) is 0 Å². The molecule has 0 fully saturated rings. The number of hydrogen-bond donors (Lipinski definition) is 0. The van der Waals surface area contributed by atoms with Gasteiger partial charge in [0.15, 0.2) is 0 Å². The van der Waals surface area contributed by atoms with E-state index in [9.17, 15) is 0 Å². The second-order valence-electron chi connectivity index (χ2n) is 2.67. The molecule has 0 bridgehead atoms. The van der Waals surface area contributed by atoms with E-state index in [-0.39, 0.29) is 0 Å². The predicted octanol–water partition coefficient (Wildman–Crippen LogP) is 3.16. The Morgan fingerprint density at radius 1 is 1.50 bits per heavy atom. The average molecular weight is 180 g/mol. The van der Waals surface area contributed by atoms with Gasteiger partial charge in [0.05, 0.1) is 11.6 Å². The second-order valence-corrected chi connectivity index (χ2v) is 3.08. The Morgan fingerprint density at radius 2 is 2.25 bits per heavy atom. The minimum absolute atomic E-state index is 0.683. The molecule has 0 radical (unpaired) electrons. The fourth-order valence-electron chi connectivity index (χ4n) is 1.11. The highest BCUT2D eigenvalue weighted by Gasteiger charge is 1.99. The Hall–Kier alpha value is -1.000. The highest BCUT2D eigenvalue weighted by Crippen LogP contribution is 2.18. The Bertz CT molecular complexity index is 312. The number of aryl methyl sites for hydroxylation is 1. The third-order valence-electron chi connectivity index (χ3n) is 1.69. The van der Waals surface area contributed by atoms with Crippen LogP contribution in [0.15, 0.2) is 18.2 Å². The summed E-state index contributed by atoms with van der Waals surface area (Å²) in [5, 5.41) is 9.39. The van der Waals surface area contributed by atoms with Crippen molar-refractivity contribution in [1.29, 1.82) is 5.26 Å². The molecule has 2 heteroatoms. The Labute approximate surface area is 77.6 Å². The van der Waals surface area contributed by atoms with E-state index in [4.69, 9.17) is 16.9 Å². The van der Waals surface area contributed by atoms with Gasteiger partial charge in [-0.3, -0.25) is 0 Å². The van der Waals surface area contributed by atoms with Crippen molar-refractivity contribution in [3.05, 3.63) is 34.3 Å². The van der Waals surface area contributed by atoms with E-state index in [0.29, 0.717) is 5.56 Å². The molecular formula is C10H10ClN. The van der Waals surface area contributed by atoms with Gasteiger partial charge in [-0.2, -0.15) is 5.26 Å². The van der Waals surface area contributed by atoms with Gasteiger partial charge in [-0.15, -0.1) is 0 Å². The minimum atomic E-state index is 0.683. The summed E-state index contributed by atoms with van der Waals surface area (Å²) in [7, 11) is 0. The zero-order valence-corrected chi connectivity index (χ0v) is 7.73. The lowest BCUT2D eigenvalue weighted by Gasteiger charge is -2.01. The first-order valence-corrected chi connectivity index (χ1v) is 4.34. The SMILES string of the molecule is CCCc1cc(C#N)ccc1Cl. The fourth-order valence-corrected chi connectivity index (χ4v) is 1.32. The molecule has 0 N–H and O–H groups in total. The van der Waals surface area contributed by atoms with Crippen molar-refractivity contribution < 1.29 is 0 Å². The Balaban J connectivity index is 3.01. The van der Waals surface area contributed by atoms with Crippen molar-refractivity contribution in [3.63, 3.8) is 0 Å². The third-order valence-corrected chi connectivity index (χ3v) is 2.06. The number of halogens is 1. The predicted molar refractivity (Wildman–Crippen MR) is 50.2 cm³/mol. The number of nitrogens with zero attached hydrogens (tertiary/aromatic N) is 1. The van der Waals surface area contributed by atoms with Crippen LogP contribution in [0, 0.1) is 11.3 Å². The molecule has 0 spiro atoms. The first kappa shape index (κ1) is 9.09. The highest BCUT2D eigenvalue weighted by atomic mass is 35.5. The van der Waals surface area contributed by atoms with E-state index in [1.54, 1.807) is 12.1 Å². The monoisotopic (exact) mass is 179 g/mol. The molecule has 0 amide bonds. The molecule has 0 aliphatic rings. The zero-order valence-electron chi connectivity index (χ0n) is 6.97. The molecule has 12 heavy (non-hydrogen) atoms. The van der Waals surface area contributed by atoms with Gasteiger partial charge in [0.1, 0.15) is 0 Å². The minimum Gasteiger partial charge on any atom is -0.192 e. The summed E-state index contributed by atoms with van der Waals surface area (Å²) in [4.78, 5) is 0. The van der Waals surface area contributed by atoms with Gasteiger partial charge in [0, 0.05) is 5.02 Å². The molecule has 1 nitrogen and oxygen atoms in total. The van der Waals surface area contributed by atoms with E-state index in [2.05, 4.69) is 13.0 Å². The van der Waals surface area contributed by atoms with E-state index in [1.807, 2.05) is 6.07 Å². The average Bonchev–Trinajstić information content (AvgIpc) is 2.09. The lowest BCUT2D eigenvalue weighted by molar-refractivity contribution is 0.921. The highest BCUT2D eigenvalue weighted by molar-refractivity contribution is 6.31. The normalized spacial score (nSPS) is 9.42. The van der Waals surface area contributed by atoms with Crippen LogP contribution in [0.5, 0.6) is 0 Å². The molecule has 0 aliphatic heterocycles. The van der Waals surface area contributed by atoms with Crippen LogP contribution in [0.1, 0.15) is 24.5 Å². The smallest absolute Gasteiger partial charge is 0.0991 e.